The van der Waals surface area contributed by atoms with E-state index in [0.717, 1.165) is 93.1 Å². The Balaban J connectivity index is 0.00000498. The predicted octanol–water partition coefficient (Wildman–Crippen LogP) is 15.8. The molecule has 0 atom stereocenters. The number of allylic oxidation sites excluding steroid dienone is 1. The molecule has 65 heavy (non-hydrogen) atoms. The molecular formula is C61H71NO2Zr. The number of aromatic hydroxyl groups is 2. The van der Waals surface area contributed by atoms with Crippen LogP contribution in [0.15, 0.2) is 97.6 Å². The Morgan fingerprint density at radius 1 is 0.523 bits per heavy atom. The molecule has 0 aliphatic heterocycles. The predicted molar refractivity (Wildman–Crippen MR) is 265 cm³/mol. The van der Waals surface area contributed by atoms with Crippen LogP contribution in [0.25, 0.3) is 44.8 Å². The first kappa shape index (κ1) is 45.1. The largest absolute Gasteiger partial charge is 0.507 e. The van der Waals surface area contributed by atoms with Crippen molar-refractivity contribution in [3.05, 3.63) is 125 Å². The standard InChI is InChI=1S/C61H71NO2.Zr/c1-8-9-14-37-25-54(48-17-12-10-15-46(48)50-27-44(58(2,3)4)29-52(56(50)63)60-31-38-19-39(32-60)21-40(20-38)33-60)62-55(26-37)49-18-13-11-16-47(49)51-28-45(59(5,6)7)30-53(57(51)64)61-34-41-22-42(35-61)24-43(23-41)36-61;/h8,10-13,15-18,25-30,38-43,63-64H,1,9,14,19-24,31-36H2,2-7H3;. The molecule has 336 valence electrons. The van der Waals surface area contributed by atoms with Crippen LogP contribution < -0.4 is 0 Å². The van der Waals surface area contributed by atoms with Crippen molar-refractivity contribution in [3.63, 3.8) is 0 Å². The van der Waals surface area contributed by atoms with Crippen LogP contribution in [0.5, 0.6) is 11.5 Å². The molecule has 0 amide bonds. The molecule has 5 aromatic rings. The number of nitrogens with zero attached hydrogens (tertiary/aromatic N) is 1. The van der Waals surface area contributed by atoms with Crippen molar-refractivity contribution in [2.24, 2.45) is 35.5 Å². The Hall–Kier alpha value is -3.75. The number of pyridine rings is 1. The third-order valence-electron chi connectivity index (χ3n) is 17.7. The molecule has 13 rings (SSSR count). The van der Waals surface area contributed by atoms with Gasteiger partial charge in [0.05, 0.1) is 11.4 Å². The summed E-state index contributed by atoms with van der Waals surface area (Å²) in [6.07, 6.45) is 19.2. The Morgan fingerprint density at radius 3 is 1.18 bits per heavy atom. The number of aryl methyl sites for hydroxylation is 1. The van der Waals surface area contributed by atoms with Gasteiger partial charge in [0.15, 0.2) is 0 Å². The second-order valence-electron chi connectivity index (χ2n) is 24.4. The Bertz CT molecular complexity index is 2410. The van der Waals surface area contributed by atoms with Crippen LogP contribution in [-0.4, -0.2) is 15.2 Å². The van der Waals surface area contributed by atoms with Crippen molar-refractivity contribution < 1.29 is 36.4 Å². The van der Waals surface area contributed by atoms with Gasteiger partial charge in [-0.1, -0.05) is 108 Å². The smallest absolute Gasteiger partial charge is 0.127 e. The maximum absolute atomic E-state index is 12.8. The van der Waals surface area contributed by atoms with Gasteiger partial charge < -0.3 is 10.2 Å². The number of rotatable bonds is 9. The van der Waals surface area contributed by atoms with Crippen molar-refractivity contribution >= 4 is 0 Å². The fraction of sp³-hybridized carbons (Fsp3) is 0.492. The Labute approximate surface area is 409 Å². The zero-order chi connectivity index (χ0) is 44.3. The van der Waals surface area contributed by atoms with Crippen molar-refractivity contribution in [2.75, 3.05) is 0 Å². The summed E-state index contributed by atoms with van der Waals surface area (Å²) in [7, 11) is 0. The molecule has 0 spiro atoms. The molecule has 8 bridgehead atoms. The third kappa shape index (κ3) is 7.96. The number of phenols is 2. The maximum atomic E-state index is 12.8. The van der Waals surface area contributed by atoms with Crippen LogP contribution in [0.4, 0.5) is 0 Å². The fourth-order valence-corrected chi connectivity index (χ4v) is 15.4. The molecule has 8 saturated carbocycles. The van der Waals surface area contributed by atoms with E-state index < -0.39 is 0 Å². The van der Waals surface area contributed by atoms with Gasteiger partial charge in [-0.25, -0.2) is 4.98 Å². The van der Waals surface area contributed by atoms with E-state index in [1.165, 1.54) is 105 Å². The molecule has 0 radical (unpaired) electrons. The summed E-state index contributed by atoms with van der Waals surface area (Å²) >= 11 is 0. The molecule has 8 fully saturated rings. The number of hydrogen-bond acceptors (Lipinski definition) is 3. The summed E-state index contributed by atoms with van der Waals surface area (Å²) in [5, 5.41) is 25.5. The van der Waals surface area contributed by atoms with Gasteiger partial charge in [-0.15, -0.1) is 6.58 Å². The van der Waals surface area contributed by atoms with E-state index in [4.69, 9.17) is 4.98 Å². The first-order valence-electron chi connectivity index (χ1n) is 25.2. The Morgan fingerprint density at radius 2 is 0.862 bits per heavy atom. The average molecular weight is 941 g/mol. The van der Waals surface area contributed by atoms with Crippen molar-refractivity contribution in [1.29, 1.82) is 0 Å². The molecule has 3 nitrogen and oxygen atoms in total. The van der Waals surface area contributed by atoms with E-state index in [0.29, 0.717) is 11.5 Å². The average Bonchev–Trinajstić information content (AvgIpc) is 3.24. The van der Waals surface area contributed by atoms with E-state index in [1.54, 1.807) is 0 Å². The van der Waals surface area contributed by atoms with Gasteiger partial charge in [0, 0.05) is 59.6 Å². The first-order valence-corrected chi connectivity index (χ1v) is 25.2. The molecule has 2 N–H and O–H groups in total. The first-order chi connectivity index (χ1) is 30.6. The molecule has 1 aromatic heterocycles. The molecule has 8 aliphatic carbocycles. The SMILES string of the molecule is C=CCCc1cc(-c2ccccc2-c2cc(C(C)(C)C)cc(C34CC5CC(CC(C5)C3)C4)c2O)nc(-c2ccccc2-c2cc(C(C)(C)C)cc(C34CC5CC(CC(C5)C3)C4)c2O)c1.[Zr]. The fourth-order valence-electron chi connectivity index (χ4n) is 15.4. The summed E-state index contributed by atoms with van der Waals surface area (Å²) in [5.41, 5.74) is 13.9. The summed E-state index contributed by atoms with van der Waals surface area (Å²) in [4.78, 5) is 5.62. The van der Waals surface area contributed by atoms with Gasteiger partial charge >= 0.3 is 0 Å². The maximum Gasteiger partial charge on any atom is 0.127 e. The summed E-state index contributed by atoms with van der Waals surface area (Å²) in [6, 6.07) is 31.2. The van der Waals surface area contributed by atoms with Gasteiger partial charge in [0.25, 0.3) is 0 Å². The normalized spacial score (nSPS) is 28.6. The number of benzene rings is 4. The van der Waals surface area contributed by atoms with Crippen molar-refractivity contribution in [2.45, 2.75) is 153 Å². The van der Waals surface area contributed by atoms with Gasteiger partial charge in [-0.05, 0) is 199 Å². The topological polar surface area (TPSA) is 53.4 Å². The zero-order valence-corrected chi connectivity index (χ0v) is 42.5. The Kier molecular flexibility index (Phi) is 11.4. The van der Waals surface area contributed by atoms with Gasteiger partial charge in [-0.3, -0.25) is 0 Å². The molecule has 1 heterocycles. The summed E-state index contributed by atoms with van der Waals surface area (Å²) < 4.78 is 0. The third-order valence-corrected chi connectivity index (χ3v) is 17.7. The van der Waals surface area contributed by atoms with E-state index in [1.807, 2.05) is 6.08 Å². The zero-order valence-electron chi connectivity index (χ0n) is 40.1. The van der Waals surface area contributed by atoms with Crippen molar-refractivity contribution in [3.8, 4) is 56.3 Å². The minimum absolute atomic E-state index is 0. The molecular weight excluding hydrogens is 870 g/mol. The minimum atomic E-state index is -0.0837. The molecule has 4 aromatic carbocycles. The van der Waals surface area contributed by atoms with Crippen molar-refractivity contribution in [1.82, 2.24) is 4.98 Å². The van der Waals surface area contributed by atoms with E-state index >= 15 is 0 Å². The van der Waals surface area contributed by atoms with Gasteiger partial charge in [-0.2, -0.15) is 0 Å². The van der Waals surface area contributed by atoms with Crippen LogP contribution in [0.1, 0.15) is 153 Å². The second kappa shape index (κ2) is 16.5. The van der Waals surface area contributed by atoms with E-state index in [2.05, 4.69) is 133 Å². The van der Waals surface area contributed by atoms with Crippen LogP contribution >= 0.6 is 0 Å². The molecule has 4 heteroatoms. The van der Waals surface area contributed by atoms with Gasteiger partial charge in [0.1, 0.15) is 11.5 Å². The molecule has 0 unspecified atom stereocenters. The quantitative estimate of drug-likeness (QED) is 0.145. The second-order valence-corrected chi connectivity index (χ2v) is 24.4. The summed E-state index contributed by atoms with van der Waals surface area (Å²) in [6.45, 7) is 18.0. The van der Waals surface area contributed by atoms with Gasteiger partial charge in [0.2, 0.25) is 0 Å². The monoisotopic (exact) mass is 939 g/mol. The van der Waals surface area contributed by atoms with E-state index in [9.17, 15) is 10.2 Å². The van der Waals surface area contributed by atoms with Crippen LogP contribution in [-0.2, 0) is 54.3 Å². The molecule has 8 aliphatic rings. The van der Waals surface area contributed by atoms with Crippen LogP contribution in [0.3, 0.4) is 0 Å². The number of hydrogen-bond donors (Lipinski definition) is 2. The van der Waals surface area contributed by atoms with E-state index in [-0.39, 0.29) is 47.9 Å². The van der Waals surface area contributed by atoms with Crippen LogP contribution in [0.2, 0.25) is 0 Å². The number of phenolic OH excluding ortho intramolecular Hbond substituents is 2. The number of aromatic nitrogens is 1. The molecule has 0 saturated heterocycles. The summed E-state index contributed by atoms with van der Waals surface area (Å²) in [5.74, 6) is 5.64. The minimum Gasteiger partial charge on any atom is -0.507 e. The van der Waals surface area contributed by atoms with Crippen LogP contribution in [0, 0.1) is 35.5 Å².